The van der Waals surface area contributed by atoms with Crippen molar-refractivity contribution in [2.75, 3.05) is 0 Å². The highest BCUT2D eigenvalue weighted by molar-refractivity contribution is 6.78. The van der Waals surface area contributed by atoms with Gasteiger partial charge >= 0.3 is 0 Å². The van der Waals surface area contributed by atoms with Crippen molar-refractivity contribution in [2.24, 2.45) is 0 Å². The third-order valence-corrected chi connectivity index (χ3v) is 7.98. The molecular formula is C11H26Si. The Balaban J connectivity index is 0.000000561. The van der Waals surface area contributed by atoms with Gasteiger partial charge in [0.05, 0.1) is 8.07 Å². The zero-order valence-electron chi connectivity index (χ0n) is 9.61. The predicted octanol–water partition coefficient (Wildman–Crippen LogP) is 4.69. The van der Waals surface area contributed by atoms with Gasteiger partial charge in [-0.1, -0.05) is 65.6 Å². The fraction of sp³-hybridized carbons (Fsp3) is 1.00. The molecular weight excluding hydrogens is 160 g/mol. The lowest BCUT2D eigenvalue weighted by molar-refractivity contribution is 0.830. The average molecular weight is 186 g/mol. The van der Waals surface area contributed by atoms with Gasteiger partial charge in [0.25, 0.3) is 0 Å². The van der Waals surface area contributed by atoms with Crippen LogP contribution in [0.3, 0.4) is 0 Å². The Hall–Kier alpha value is 0.217. The van der Waals surface area contributed by atoms with Gasteiger partial charge in [-0.15, -0.1) is 0 Å². The van der Waals surface area contributed by atoms with Crippen molar-refractivity contribution < 1.29 is 0 Å². The molecule has 74 valence electrons. The zero-order chi connectivity index (χ0) is 9.61. The van der Waals surface area contributed by atoms with Gasteiger partial charge in [-0.2, -0.15) is 0 Å². The maximum Gasteiger partial charge on any atom is 0.0502 e. The van der Waals surface area contributed by atoms with E-state index in [4.69, 9.17) is 0 Å². The van der Waals surface area contributed by atoms with Crippen LogP contribution in [0.25, 0.3) is 0 Å². The van der Waals surface area contributed by atoms with E-state index >= 15 is 0 Å². The molecule has 0 aromatic rings. The first-order valence-electron chi connectivity index (χ1n) is 5.67. The molecule has 0 amide bonds. The minimum atomic E-state index is -0.744. The summed E-state index contributed by atoms with van der Waals surface area (Å²) in [4.78, 5) is 0. The fourth-order valence-electron chi connectivity index (χ4n) is 2.00. The lowest BCUT2D eigenvalue weighted by Crippen LogP contribution is -2.29. The summed E-state index contributed by atoms with van der Waals surface area (Å²) < 4.78 is 0. The molecule has 0 aliphatic heterocycles. The van der Waals surface area contributed by atoms with Gasteiger partial charge in [-0.3, -0.25) is 0 Å². The Labute approximate surface area is 79.8 Å². The van der Waals surface area contributed by atoms with Gasteiger partial charge in [0.15, 0.2) is 0 Å². The Morgan fingerprint density at radius 1 is 1.08 bits per heavy atom. The summed E-state index contributed by atoms with van der Waals surface area (Å²) in [6.07, 6.45) is 6.13. The van der Waals surface area contributed by atoms with Crippen LogP contribution in [0.2, 0.25) is 24.7 Å². The summed E-state index contributed by atoms with van der Waals surface area (Å²) in [7, 11) is -0.744. The number of hydrogen-bond acceptors (Lipinski definition) is 0. The lowest BCUT2D eigenvalue weighted by atomic mass is 10.4. The monoisotopic (exact) mass is 186 g/mol. The third kappa shape index (κ3) is 3.30. The first-order chi connectivity index (χ1) is 5.67. The van der Waals surface area contributed by atoms with Crippen LogP contribution in [0.4, 0.5) is 0 Å². The summed E-state index contributed by atoms with van der Waals surface area (Å²) in [5, 5.41) is 0. The van der Waals surface area contributed by atoms with Crippen LogP contribution in [0, 0.1) is 0 Å². The van der Waals surface area contributed by atoms with Crippen molar-refractivity contribution in [1.29, 1.82) is 0 Å². The maximum atomic E-state index is 2.56. The first kappa shape index (κ1) is 12.2. The molecule has 1 fully saturated rings. The first-order valence-corrected chi connectivity index (χ1v) is 8.95. The summed E-state index contributed by atoms with van der Waals surface area (Å²) >= 11 is 0. The summed E-state index contributed by atoms with van der Waals surface area (Å²) in [6.45, 7) is 11.5. The van der Waals surface area contributed by atoms with Gasteiger partial charge in [0, 0.05) is 0 Å². The average Bonchev–Trinajstić information content (AvgIpc) is 2.61. The smallest absolute Gasteiger partial charge is 0.0502 e. The molecule has 0 heterocycles. The van der Waals surface area contributed by atoms with Crippen LogP contribution >= 0.6 is 0 Å². The fourth-order valence-corrected chi connectivity index (χ4v) is 4.54. The highest BCUT2D eigenvalue weighted by atomic mass is 28.3. The maximum absolute atomic E-state index is 2.56. The molecule has 0 aromatic carbocycles. The molecule has 0 atom stereocenters. The van der Waals surface area contributed by atoms with E-state index in [0.29, 0.717) is 0 Å². The molecule has 0 N–H and O–H groups in total. The largest absolute Gasteiger partial charge is 0.0692 e. The van der Waals surface area contributed by atoms with E-state index in [1.54, 1.807) is 12.8 Å². The molecule has 0 radical (unpaired) electrons. The normalized spacial score (nSPS) is 18.8. The second-order valence-corrected chi connectivity index (χ2v) is 9.82. The van der Waals surface area contributed by atoms with Gasteiger partial charge in [-0.25, -0.2) is 0 Å². The summed E-state index contributed by atoms with van der Waals surface area (Å²) in [5.74, 6) is 0. The topological polar surface area (TPSA) is 0 Å². The minimum Gasteiger partial charge on any atom is -0.0692 e. The van der Waals surface area contributed by atoms with Crippen molar-refractivity contribution in [1.82, 2.24) is 0 Å². The molecule has 0 spiro atoms. The Kier molecular flexibility index (Phi) is 5.90. The molecule has 1 heteroatoms. The molecule has 12 heavy (non-hydrogen) atoms. The van der Waals surface area contributed by atoms with Gasteiger partial charge in [-0.05, 0) is 5.54 Å². The predicted molar refractivity (Wildman–Crippen MR) is 61.5 cm³/mol. The van der Waals surface area contributed by atoms with E-state index in [0.717, 1.165) is 5.54 Å². The van der Waals surface area contributed by atoms with E-state index in [1.807, 2.05) is 13.8 Å². The number of hydrogen-bond donors (Lipinski definition) is 0. The second kappa shape index (κ2) is 5.79. The minimum absolute atomic E-state index is 0.744. The van der Waals surface area contributed by atoms with Crippen molar-refractivity contribution >= 4 is 8.07 Å². The molecule has 1 rings (SSSR count). The van der Waals surface area contributed by atoms with Crippen LogP contribution in [-0.4, -0.2) is 8.07 Å². The Morgan fingerprint density at radius 3 is 1.83 bits per heavy atom. The lowest BCUT2D eigenvalue weighted by Gasteiger charge is -2.27. The van der Waals surface area contributed by atoms with E-state index < -0.39 is 8.07 Å². The van der Waals surface area contributed by atoms with E-state index in [-0.39, 0.29) is 0 Å². The van der Waals surface area contributed by atoms with Gasteiger partial charge in [0.2, 0.25) is 0 Å². The molecule has 1 aliphatic rings. The van der Waals surface area contributed by atoms with Gasteiger partial charge in [0.1, 0.15) is 0 Å². The molecule has 0 nitrogen and oxygen atoms in total. The van der Waals surface area contributed by atoms with Crippen LogP contribution in [0.5, 0.6) is 0 Å². The highest BCUT2D eigenvalue weighted by Crippen LogP contribution is 2.39. The van der Waals surface area contributed by atoms with Crippen molar-refractivity contribution in [2.45, 2.75) is 71.1 Å². The Bertz CT molecular complexity index is 102. The number of rotatable bonds is 2. The van der Waals surface area contributed by atoms with Crippen LogP contribution in [-0.2, 0) is 0 Å². The molecule has 0 unspecified atom stereocenters. The Morgan fingerprint density at radius 2 is 1.50 bits per heavy atom. The standard InChI is InChI=1S/C9H20Si.C2H6/c1-4-10(2,3)9-7-5-6-8-9;1-2/h9H,4-8H2,1-3H3;1-2H3. The zero-order valence-corrected chi connectivity index (χ0v) is 10.6. The van der Waals surface area contributed by atoms with E-state index in [9.17, 15) is 0 Å². The van der Waals surface area contributed by atoms with Crippen molar-refractivity contribution in [3.8, 4) is 0 Å². The van der Waals surface area contributed by atoms with Crippen LogP contribution < -0.4 is 0 Å². The molecule has 0 aromatic heterocycles. The third-order valence-electron chi connectivity index (χ3n) is 3.37. The highest BCUT2D eigenvalue weighted by Gasteiger charge is 2.31. The quantitative estimate of drug-likeness (QED) is 0.549. The second-order valence-electron chi connectivity index (χ2n) is 4.32. The summed E-state index contributed by atoms with van der Waals surface area (Å²) in [6, 6.07) is 1.48. The SMILES string of the molecule is CC.CC[Si](C)(C)C1CCCC1. The van der Waals surface area contributed by atoms with Gasteiger partial charge < -0.3 is 0 Å². The van der Waals surface area contributed by atoms with E-state index in [1.165, 1.54) is 18.9 Å². The summed E-state index contributed by atoms with van der Waals surface area (Å²) in [5.41, 5.74) is 1.16. The van der Waals surface area contributed by atoms with Crippen molar-refractivity contribution in [3.63, 3.8) is 0 Å². The molecule has 1 saturated carbocycles. The van der Waals surface area contributed by atoms with Crippen molar-refractivity contribution in [3.05, 3.63) is 0 Å². The van der Waals surface area contributed by atoms with E-state index in [2.05, 4.69) is 20.0 Å². The van der Waals surface area contributed by atoms with Crippen LogP contribution in [0.15, 0.2) is 0 Å². The van der Waals surface area contributed by atoms with Crippen LogP contribution in [0.1, 0.15) is 46.5 Å². The molecule has 0 bridgehead atoms. The molecule has 1 aliphatic carbocycles. The molecule has 0 saturated heterocycles.